The van der Waals surface area contributed by atoms with Crippen molar-refractivity contribution in [3.8, 4) is 17.2 Å². The van der Waals surface area contributed by atoms with Crippen LogP contribution in [0.3, 0.4) is 0 Å². The molecule has 12 aromatic rings. The van der Waals surface area contributed by atoms with Gasteiger partial charge in [-0.3, -0.25) is 0 Å². The summed E-state index contributed by atoms with van der Waals surface area (Å²) >= 11 is 3.61. The first-order chi connectivity index (χ1) is 33.7. The van der Waals surface area contributed by atoms with Crippen molar-refractivity contribution in [2.24, 2.45) is 0 Å². The molecule has 4 nitrogen and oxygen atoms in total. The lowest BCUT2D eigenvalue weighted by atomic mass is 9.36. The summed E-state index contributed by atoms with van der Waals surface area (Å²) in [5.41, 5.74) is 12.9. The molecule has 0 unspecified atom stereocenters. The number of thiophene rings is 2. The van der Waals surface area contributed by atoms with Crippen LogP contribution in [0.4, 0.5) is 38.5 Å². The summed E-state index contributed by atoms with van der Waals surface area (Å²) < 4.78 is 31.9. The van der Waals surface area contributed by atoms with Gasteiger partial charge in [0, 0.05) is 64.2 Å². The van der Waals surface area contributed by atoms with E-state index in [1.807, 2.05) is 30.4 Å². The fraction of sp³-hybridized carbons (Fsp3) is 0.0820. The van der Waals surface area contributed by atoms with Gasteiger partial charge in [0.05, 0.1) is 38.5 Å². The molecular weight excluding hydrogens is 885 g/mol. The molecule has 0 N–H and O–H groups in total. The highest BCUT2D eigenvalue weighted by Crippen LogP contribution is 2.53. The van der Waals surface area contributed by atoms with Crippen molar-refractivity contribution >= 4 is 131 Å². The number of rotatable bonds is 5. The highest BCUT2D eigenvalue weighted by atomic mass is 32.1. The minimum absolute atomic E-state index is 0.0676. The van der Waals surface area contributed by atoms with E-state index in [1.54, 1.807) is 17.4 Å². The third-order valence-electron chi connectivity index (χ3n) is 14.3. The second kappa shape index (κ2) is 14.9. The molecule has 0 saturated heterocycles. The molecule has 14 rings (SSSR count). The van der Waals surface area contributed by atoms with Crippen LogP contribution in [-0.2, 0) is 5.41 Å². The molecule has 5 heterocycles. The molecule has 2 aliphatic heterocycles. The van der Waals surface area contributed by atoms with Crippen molar-refractivity contribution in [1.29, 1.82) is 0 Å². The van der Waals surface area contributed by atoms with Crippen molar-refractivity contribution < 1.29 is 9.13 Å². The molecule has 0 aliphatic carbocycles. The fourth-order valence-corrected chi connectivity index (χ4v) is 13.7. The van der Waals surface area contributed by atoms with Gasteiger partial charge in [0.2, 0.25) is 0 Å². The second-order valence-corrected chi connectivity index (χ2v) is 21.6. The maximum absolute atomic E-state index is 17.4. The molecule has 2 aliphatic rings. The van der Waals surface area contributed by atoms with E-state index >= 15 is 4.39 Å². The van der Waals surface area contributed by atoms with E-state index in [0.717, 1.165) is 93.4 Å². The largest absolute Gasteiger partial charge is 0.457 e. The minimum atomic E-state index is -0.281. The van der Waals surface area contributed by atoms with Crippen LogP contribution >= 0.6 is 22.7 Å². The number of para-hydroxylation sites is 4. The lowest BCUT2D eigenvalue weighted by Crippen LogP contribution is -2.58. The lowest BCUT2D eigenvalue weighted by molar-refractivity contribution is 0.494. The monoisotopic (exact) mass is 927 g/mol. The highest BCUT2D eigenvalue weighted by Gasteiger charge is 2.46. The predicted octanol–water partition coefficient (Wildman–Crippen LogP) is 16.0. The Morgan fingerprint density at radius 3 is 1.88 bits per heavy atom. The number of ether oxygens (including phenoxy) is 1. The van der Waals surface area contributed by atoms with Crippen molar-refractivity contribution in [3.05, 3.63) is 205 Å². The van der Waals surface area contributed by atoms with Gasteiger partial charge in [0.25, 0.3) is 6.71 Å². The summed E-state index contributed by atoms with van der Waals surface area (Å²) in [6, 6.07) is 66.7. The molecule has 0 bridgehead atoms. The summed E-state index contributed by atoms with van der Waals surface area (Å²) in [6.45, 7) is 8.52. The van der Waals surface area contributed by atoms with E-state index in [9.17, 15) is 0 Å². The Morgan fingerprint density at radius 1 is 0.565 bits per heavy atom. The normalized spacial score (nSPS) is 13.1. The third kappa shape index (κ3) is 5.98. The maximum Gasteiger partial charge on any atom is 0.269 e. The van der Waals surface area contributed by atoms with Gasteiger partial charge in [-0.25, -0.2) is 4.39 Å². The van der Waals surface area contributed by atoms with Gasteiger partial charge in [-0.15, -0.1) is 22.7 Å². The number of aryl methyl sites for hydroxylation is 1. The summed E-state index contributed by atoms with van der Waals surface area (Å²) in [7, 11) is 0. The van der Waals surface area contributed by atoms with Crippen LogP contribution in [0, 0.1) is 12.7 Å². The summed E-state index contributed by atoms with van der Waals surface area (Å²) in [5, 5.41) is 5.84. The molecule has 330 valence electrons. The second-order valence-electron chi connectivity index (χ2n) is 19.5. The zero-order valence-electron chi connectivity index (χ0n) is 38.4. The lowest BCUT2D eigenvalue weighted by Gasteiger charge is -2.41. The molecule has 8 heteroatoms. The first kappa shape index (κ1) is 40.4. The average Bonchev–Trinajstić information content (AvgIpc) is 4.04. The van der Waals surface area contributed by atoms with E-state index in [2.05, 4.69) is 205 Å². The summed E-state index contributed by atoms with van der Waals surface area (Å²) in [4.78, 5) is 4.51. The van der Waals surface area contributed by atoms with Crippen LogP contribution in [0.25, 0.3) is 57.8 Å². The molecule has 0 saturated carbocycles. The molecule has 0 spiro atoms. The number of hydrogen-bond donors (Lipinski definition) is 0. The number of anilines is 6. The molecule has 0 amide bonds. The Bertz CT molecular complexity index is 4000. The van der Waals surface area contributed by atoms with Gasteiger partial charge >= 0.3 is 0 Å². The standard InChI is InChI=1S/C61H43BFN3OS2/c1-36-27-29-49(46(63)31-36)66-51-33-40(64(38-17-7-5-8-18-38)39-19-9-6-10-20-39)34-52-56(51)62(60-58(67-52)44-32-37(61(2,3)4)28-30-54(44)69-60)45-35-50(55-43-23-13-16-26-53(43)68-59(55)57(45)66)65-47-24-14-11-21-41(47)42-22-12-15-25-48(42)65/h5-35H,1-4H3. The van der Waals surface area contributed by atoms with E-state index in [4.69, 9.17) is 4.74 Å². The van der Waals surface area contributed by atoms with Crippen molar-refractivity contribution in [3.63, 3.8) is 0 Å². The topological polar surface area (TPSA) is 20.6 Å². The number of halogens is 1. The Labute approximate surface area is 407 Å². The smallest absolute Gasteiger partial charge is 0.269 e. The maximum atomic E-state index is 17.4. The first-order valence-corrected chi connectivity index (χ1v) is 25.2. The van der Waals surface area contributed by atoms with Crippen LogP contribution in [0.2, 0.25) is 0 Å². The minimum Gasteiger partial charge on any atom is -0.457 e. The quantitative estimate of drug-likeness (QED) is 0.160. The molecule has 0 atom stereocenters. The Hall–Kier alpha value is -7.65. The SMILES string of the molecule is Cc1ccc(N2c3cc(N(c4ccccc4)c4ccccc4)cc4c3B(c3cc(-n5c6ccccc6c6ccccc65)c5c(sc6ccccc65)c32)c2sc3ccc(C(C)(C)C)cc3c2O4)c(F)c1. The Morgan fingerprint density at radius 2 is 1.20 bits per heavy atom. The van der Waals surface area contributed by atoms with Gasteiger partial charge in [-0.05, 0) is 113 Å². The van der Waals surface area contributed by atoms with Gasteiger partial charge in [0.15, 0.2) is 0 Å². The summed E-state index contributed by atoms with van der Waals surface area (Å²) in [5.74, 6) is 1.37. The number of aromatic nitrogens is 1. The third-order valence-corrected chi connectivity index (χ3v) is 16.7. The van der Waals surface area contributed by atoms with Crippen molar-refractivity contribution in [2.75, 3.05) is 9.80 Å². The zero-order valence-corrected chi connectivity index (χ0v) is 40.1. The Kier molecular flexibility index (Phi) is 8.74. The van der Waals surface area contributed by atoms with Gasteiger partial charge in [-0.2, -0.15) is 0 Å². The molecule has 69 heavy (non-hydrogen) atoms. The fourth-order valence-electron chi connectivity index (χ4n) is 11.1. The van der Waals surface area contributed by atoms with Gasteiger partial charge < -0.3 is 19.1 Å². The first-order valence-electron chi connectivity index (χ1n) is 23.6. The van der Waals surface area contributed by atoms with E-state index in [1.165, 1.54) is 31.1 Å². The van der Waals surface area contributed by atoms with Crippen LogP contribution in [-0.4, -0.2) is 11.3 Å². The van der Waals surface area contributed by atoms with Crippen molar-refractivity contribution in [1.82, 2.24) is 4.57 Å². The van der Waals surface area contributed by atoms with Crippen LogP contribution in [0.5, 0.6) is 11.5 Å². The molecule has 3 aromatic heterocycles. The molecule has 0 radical (unpaired) electrons. The molecular formula is C61H43BFN3OS2. The van der Waals surface area contributed by atoms with Crippen LogP contribution in [0.1, 0.15) is 31.9 Å². The number of benzene rings is 9. The van der Waals surface area contributed by atoms with E-state index in [-0.39, 0.29) is 17.9 Å². The number of nitrogens with zero attached hydrogens (tertiary/aromatic N) is 3. The number of fused-ring (bicyclic) bond motifs is 13. The molecule has 9 aromatic carbocycles. The summed E-state index contributed by atoms with van der Waals surface area (Å²) in [6.07, 6.45) is 0. The Balaban J connectivity index is 1.17. The molecule has 0 fully saturated rings. The van der Waals surface area contributed by atoms with Crippen molar-refractivity contribution in [2.45, 2.75) is 33.1 Å². The van der Waals surface area contributed by atoms with E-state index in [0.29, 0.717) is 5.69 Å². The van der Waals surface area contributed by atoms with Crippen LogP contribution < -0.4 is 30.2 Å². The zero-order chi connectivity index (χ0) is 46.3. The van der Waals surface area contributed by atoms with Gasteiger partial charge in [0.1, 0.15) is 17.3 Å². The van der Waals surface area contributed by atoms with Crippen LogP contribution in [0.15, 0.2) is 188 Å². The average molecular weight is 928 g/mol. The number of hydrogen-bond acceptors (Lipinski definition) is 5. The van der Waals surface area contributed by atoms with Gasteiger partial charge in [-0.1, -0.05) is 124 Å². The highest BCUT2D eigenvalue weighted by molar-refractivity contribution is 7.33. The van der Waals surface area contributed by atoms with E-state index < -0.39 is 0 Å². The predicted molar refractivity (Wildman–Crippen MR) is 293 cm³/mol.